The van der Waals surface area contributed by atoms with Crippen LogP contribution in [0.5, 0.6) is 28.7 Å². The number of hydrogen-bond acceptors (Lipinski definition) is 4. The molecule has 1 saturated carbocycles. The van der Waals surface area contributed by atoms with E-state index in [1.165, 1.54) is 37.8 Å². The molecule has 4 aromatic carbocycles. The van der Waals surface area contributed by atoms with Crippen LogP contribution in [0.3, 0.4) is 0 Å². The van der Waals surface area contributed by atoms with E-state index in [1.807, 2.05) is 66.7 Å². The van der Waals surface area contributed by atoms with Crippen molar-refractivity contribution < 1.29 is 42.8 Å². The maximum atomic E-state index is 10.8. The normalized spacial score (nSPS) is 20.2. The van der Waals surface area contributed by atoms with Crippen LogP contribution in [0.15, 0.2) is 103 Å². The molecule has 2 aliphatic rings. The molecule has 2 unspecified atom stereocenters. The quantitative estimate of drug-likeness (QED) is 0.349. The van der Waals surface area contributed by atoms with E-state index in [0.29, 0.717) is 29.3 Å². The number of rotatable bonds is 4. The van der Waals surface area contributed by atoms with Crippen molar-refractivity contribution in [2.24, 2.45) is 0 Å². The Morgan fingerprint density at radius 3 is 1.62 bits per heavy atom. The SMILES string of the molecule is Oc1ccccc1C=[N+]1[Cr][N+](=Cc2ccccc2O)C2CCCCC21.[O-]c1ccc(Oc2ccccc2)cc1. The van der Waals surface area contributed by atoms with E-state index in [-0.39, 0.29) is 21.4 Å². The summed E-state index contributed by atoms with van der Waals surface area (Å²) in [4.78, 5) is 0. The zero-order valence-electron chi connectivity index (χ0n) is 21.5. The molecule has 0 amide bonds. The molecule has 0 spiro atoms. The molecule has 198 valence electrons. The molecule has 0 bridgehead atoms. The first-order valence-electron chi connectivity index (χ1n) is 13.1. The van der Waals surface area contributed by atoms with Crippen molar-refractivity contribution in [1.82, 2.24) is 0 Å². The molecule has 1 saturated heterocycles. The molecule has 6 rings (SSSR count). The van der Waals surface area contributed by atoms with Crippen LogP contribution in [0.4, 0.5) is 0 Å². The first-order chi connectivity index (χ1) is 19.1. The van der Waals surface area contributed by atoms with Crippen LogP contribution in [0.25, 0.3) is 0 Å². The number of ether oxygens (including phenoxy) is 1. The summed E-state index contributed by atoms with van der Waals surface area (Å²) in [6.07, 6.45) is 9.09. The number of para-hydroxylation sites is 3. The molecular weight excluding hydrogens is 528 g/mol. The van der Waals surface area contributed by atoms with Gasteiger partial charge in [-0.2, -0.15) is 0 Å². The molecule has 0 radical (unpaired) electrons. The van der Waals surface area contributed by atoms with Crippen LogP contribution < -0.4 is 9.84 Å². The molecule has 1 heterocycles. The van der Waals surface area contributed by atoms with E-state index in [4.69, 9.17) is 4.74 Å². The van der Waals surface area contributed by atoms with Gasteiger partial charge >= 0.3 is 154 Å². The molecule has 7 heteroatoms. The number of benzene rings is 4. The van der Waals surface area contributed by atoms with E-state index in [0.717, 1.165) is 16.9 Å². The zero-order valence-corrected chi connectivity index (χ0v) is 22.7. The van der Waals surface area contributed by atoms with Crippen molar-refractivity contribution in [3.05, 3.63) is 114 Å². The Hall–Kier alpha value is -4.05. The van der Waals surface area contributed by atoms with Gasteiger partial charge in [0.15, 0.2) is 0 Å². The van der Waals surface area contributed by atoms with Gasteiger partial charge in [0.05, 0.1) is 0 Å². The number of aromatic hydroxyl groups is 2. The second-order valence-corrected chi connectivity index (χ2v) is 11.1. The molecule has 1 aliphatic carbocycles. The fourth-order valence-electron chi connectivity index (χ4n) is 4.75. The van der Waals surface area contributed by atoms with E-state index < -0.39 is 0 Å². The first kappa shape index (κ1) is 26.6. The molecule has 2 fully saturated rings. The minimum absolute atomic E-state index is 0.00888. The van der Waals surface area contributed by atoms with Crippen LogP contribution in [0, 0.1) is 0 Å². The molecule has 0 aromatic heterocycles. The van der Waals surface area contributed by atoms with Crippen molar-refractivity contribution in [3.8, 4) is 28.7 Å². The van der Waals surface area contributed by atoms with E-state index in [1.54, 1.807) is 24.3 Å². The monoisotopic (exact) mass is 559 g/mol. The van der Waals surface area contributed by atoms with Gasteiger partial charge in [0.1, 0.15) is 11.5 Å². The van der Waals surface area contributed by atoms with Gasteiger partial charge < -0.3 is 9.84 Å². The Morgan fingerprint density at radius 2 is 1.10 bits per heavy atom. The molecule has 2 atom stereocenters. The van der Waals surface area contributed by atoms with E-state index in [9.17, 15) is 15.3 Å². The fourth-order valence-corrected chi connectivity index (χ4v) is 6.74. The van der Waals surface area contributed by atoms with Crippen molar-refractivity contribution in [2.75, 3.05) is 0 Å². The summed E-state index contributed by atoms with van der Waals surface area (Å²) in [6, 6.07) is 31.7. The third-order valence-corrected chi connectivity index (χ3v) is 8.51. The number of phenols is 2. The predicted octanol–water partition coefficient (Wildman–Crippen LogP) is 5.45. The standard InChI is InChI=1S/C20H22N2O2.C12H10O2.Cr/c23-19-11-5-1-7-15(19)13-21-17-9-3-4-10-18(17)22-14-16-8-2-6-12-20(16)24;13-10-6-8-12(9-7-10)14-11-4-2-1-3-5-11;/h1-2,5-8,11-14,17-18,23-24H,3-4,9-10H2;1-9,13H;/q;;+2/p-1. The summed E-state index contributed by atoms with van der Waals surface area (Å²) in [6.45, 7) is 0. The van der Waals surface area contributed by atoms with Crippen LogP contribution in [-0.4, -0.2) is 41.8 Å². The molecular formula is C32H31CrN2O4+. The van der Waals surface area contributed by atoms with Gasteiger partial charge in [-0.3, -0.25) is 0 Å². The van der Waals surface area contributed by atoms with Crippen LogP contribution in [0.1, 0.15) is 36.8 Å². The molecule has 39 heavy (non-hydrogen) atoms. The number of fused-ring (bicyclic) bond motifs is 1. The summed E-state index contributed by atoms with van der Waals surface area (Å²) in [5.41, 5.74) is 1.75. The second kappa shape index (κ2) is 12.7. The third-order valence-electron chi connectivity index (χ3n) is 6.75. The third kappa shape index (κ3) is 6.89. The zero-order chi connectivity index (χ0) is 27.0. The minimum Gasteiger partial charge on any atom is -0.872 e. The maximum Gasteiger partial charge on any atom is 0.127 e. The Bertz CT molecular complexity index is 1390. The minimum atomic E-state index is -0.00888. The Balaban J connectivity index is 0.000000186. The first-order valence-corrected chi connectivity index (χ1v) is 14.2. The molecule has 4 aromatic rings. The summed E-state index contributed by atoms with van der Waals surface area (Å²) >= 11 is 0.115. The van der Waals surface area contributed by atoms with Gasteiger partial charge in [0.25, 0.3) is 0 Å². The van der Waals surface area contributed by atoms with Gasteiger partial charge in [-0.05, 0) is 24.3 Å². The van der Waals surface area contributed by atoms with Crippen LogP contribution >= 0.6 is 0 Å². The van der Waals surface area contributed by atoms with Crippen LogP contribution in [-0.2, 0) is 15.7 Å². The Morgan fingerprint density at radius 1 is 0.641 bits per heavy atom. The number of hydrogen-bond donors (Lipinski definition) is 2. The molecule has 2 N–H and O–H groups in total. The van der Waals surface area contributed by atoms with E-state index >= 15 is 0 Å². The summed E-state index contributed by atoms with van der Waals surface area (Å²) < 4.78 is 10.3. The van der Waals surface area contributed by atoms with Crippen molar-refractivity contribution in [3.63, 3.8) is 0 Å². The van der Waals surface area contributed by atoms with E-state index in [2.05, 4.69) is 19.5 Å². The second-order valence-electron chi connectivity index (χ2n) is 9.48. The predicted molar refractivity (Wildman–Crippen MR) is 146 cm³/mol. The molecule has 1 aliphatic heterocycles. The van der Waals surface area contributed by atoms with Gasteiger partial charge in [0, 0.05) is 0 Å². The number of phenolic OH excluding ortho intramolecular Hbond substituents is 2. The molecule has 6 nitrogen and oxygen atoms in total. The maximum absolute atomic E-state index is 10.8. The van der Waals surface area contributed by atoms with Gasteiger partial charge in [0.2, 0.25) is 0 Å². The summed E-state index contributed by atoms with van der Waals surface area (Å²) in [5.74, 6) is 2.09. The Labute approximate surface area is 235 Å². The average molecular weight is 560 g/mol. The topological polar surface area (TPSA) is 78.8 Å². The largest absolute Gasteiger partial charge is 0.872 e. The fraction of sp³-hybridized carbons (Fsp3) is 0.188. The van der Waals surface area contributed by atoms with Gasteiger partial charge in [-0.1, -0.05) is 30.3 Å². The van der Waals surface area contributed by atoms with Gasteiger partial charge in [-0.15, -0.1) is 5.75 Å². The van der Waals surface area contributed by atoms with Crippen LogP contribution in [0.2, 0.25) is 0 Å². The van der Waals surface area contributed by atoms with Crippen molar-refractivity contribution in [2.45, 2.75) is 37.8 Å². The number of nitrogens with zero attached hydrogens (tertiary/aromatic N) is 2. The smallest absolute Gasteiger partial charge is 0.127 e. The average Bonchev–Trinajstić information content (AvgIpc) is 3.30. The van der Waals surface area contributed by atoms with Crippen molar-refractivity contribution >= 4 is 12.4 Å². The van der Waals surface area contributed by atoms with Gasteiger partial charge in [-0.25, -0.2) is 0 Å². The van der Waals surface area contributed by atoms with Crippen molar-refractivity contribution in [1.29, 1.82) is 0 Å². The Kier molecular flexibility index (Phi) is 8.62. The summed E-state index contributed by atoms with van der Waals surface area (Å²) in [7, 11) is 0. The summed E-state index contributed by atoms with van der Waals surface area (Å²) in [5, 5.41) is 31.0.